The van der Waals surface area contributed by atoms with E-state index in [1.165, 1.54) is 36.8 Å². The topological polar surface area (TPSA) is 21.3 Å². The van der Waals surface area contributed by atoms with E-state index in [1.807, 2.05) is 0 Å². The molecule has 0 saturated heterocycles. The van der Waals surface area contributed by atoms with Gasteiger partial charge in [0.25, 0.3) is 0 Å². The van der Waals surface area contributed by atoms with Gasteiger partial charge in [-0.25, -0.2) is 0 Å². The fraction of sp³-hybridized carbons (Fsp3) is 0.455. The minimum atomic E-state index is 0.325. The van der Waals surface area contributed by atoms with E-state index >= 15 is 0 Å². The second kappa shape index (κ2) is 8.34. The number of nitrogens with one attached hydrogen (secondary N) is 1. The second-order valence-electron chi connectivity index (χ2n) is 6.95. The van der Waals surface area contributed by atoms with E-state index in [2.05, 4.69) is 66.8 Å². The first-order valence-corrected chi connectivity index (χ1v) is 9.30. The smallest absolute Gasteiger partial charge is 0.119 e. The van der Waals surface area contributed by atoms with Crippen molar-refractivity contribution in [2.24, 2.45) is 0 Å². The molecule has 24 heavy (non-hydrogen) atoms. The average molecular weight is 323 g/mol. The normalized spacial score (nSPS) is 16.2. The number of ether oxygens (including phenoxy) is 1. The van der Waals surface area contributed by atoms with Gasteiger partial charge in [-0.3, -0.25) is 0 Å². The van der Waals surface area contributed by atoms with Crippen LogP contribution in [-0.4, -0.2) is 13.2 Å². The van der Waals surface area contributed by atoms with E-state index in [1.54, 1.807) is 0 Å². The molecule has 1 saturated carbocycles. The van der Waals surface area contributed by atoms with E-state index < -0.39 is 0 Å². The van der Waals surface area contributed by atoms with Gasteiger partial charge in [-0.2, -0.15) is 0 Å². The van der Waals surface area contributed by atoms with Crippen LogP contribution < -0.4 is 10.1 Å². The molecule has 0 bridgehead atoms. The highest BCUT2D eigenvalue weighted by Gasteiger charge is 2.34. The Bertz CT molecular complexity index is 600. The van der Waals surface area contributed by atoms with Gasteiger partial charge < -0.3 is 10.1 Å². The third-order valence-electron chi connectivity index (χ3n) is 5.14. The fourth-order valence-electron chi connectivity index (χ4n) is 3.78. The van der Waals surface area contributed by atoms with E-state index in [0.717, 1.165) is 31.9 Å². The first kappa shape index (κ1) is 17.0. The van der Waals surface area contributed by atoms with E-state index in [4.69, 9.17) is 4.74 Å². The summed E-state index contributed by atoms with van der Waals surface area (Å²) < 4.78 is 5.65. The SMILES string of the molecule is CCCOc1ccc(CNCC2(c3ccccc3)CCCC2)cc1. The van der Waals surface area contributed by atoms with Gasteiger partial charge in [-0.15, -0.1) is 0 Å². The van der Waals surface area contributed by atoms with Gasteiger partial charge in [0.2, 0.25) is 0 Å². The van der Waals surface area contributed by atoms with Crippen LogP contribution in [0, 0.1) is 0 Å². The zero-order chi connectivity index (χ0) is 16.7. The quantitative estimate of drug-likeness (QED) is 0.731. The lowest BCUT2D eigenvalue weighted by atomic mass is 9.79. The van der Waals surface area contributed by atoms with Gasteiger partial charge >= 0.3 is 0 Å². The average Bonchev–Trinajstić information content (AvgIpc) is 3.12. The predicted molar refractivity (Wildman–Crippen MR) is 101 cm³/mol. The van der Waals surface area contributed by atoms with Crippen molar-refractivity contribution in [3.8, 4) is 5.75 Å². The van der Waals surface area contributed by atoms with Crippen molar-refractivity contribution < 1.29 is 4.74 Å². The van der Waals surface area contributed by atoms with E-state index in [-0.39, 0.29) is 0 Å². The van der Waals surface area contributed by atoms with E-state index in [0.29, 0.717) is 5.41 Å². The Morgan fingerprint density at radius 2 is 1.67 bits per heavy atom. The summed E-state index contributed by atoms with van der Waals surface area (Å²) in [7, 11) is 0. The summed E-state index contributed by atoms with van der Waals surface area (Å²) in [5.74, 6) is 0.970. The third kappa shape index (κ3) is 4.18. The maximum absolute atomic E-state index is 5.65. The molecular formula is C22H29NO. The summed E-state index contributed by atoms with van der Waals surface area (Å²) in [5.41, 5.74) is 3.14. The highest BCUT2D eigenvalue weighted by Crippen LogP contribution is 2.40. The second-order valence-corrected chi connectivity index (χ2v) is 6.95. The predicted octanol–water partition coefficient (Wildman–Crippen LogP) is 5.08. The number of hydrogen-bond donors (Lipinski definition) is 1. The summed E-state index contributed by atoms with van der Waals surface area (Å²) in [6, 6.07) is 19.5. The zero-order valence-electron chi connectivity index (χ0n) is 14.8. The Kier molecular flexibility index (Phi) is 5.92. The van der Waals surface area contributed by atoms with Crippen molar-refractivity contribution in [1.82, 2.24) is 5.32 Å². The molecule has 0 unspecified atom stereocenters. The summed E-state index contributed by atoms with van der Waals surface area (Å²) in [6.45, 7) is 4.90. The summed E-state index contributed by atoms with van der Waals surface area (Å²) in [6.07, 6.45) is 6.34. The summed E-state index contributed by atoms with van der Waals surface area (Å²) >= 11 is 0. The Hall–Kier alpha value is -1.80. The maximum Gasteiger partial charge on any atom is 0.119 e. The molecule has 1 N–H and O–H groups in total. The number of hydrogen-bond acceptors (Lipinski definition) is 2. The molecule has 0 spiro atoms. The Labute approximate surface area is 146 Å². The lowest BCUT2D eigenvalue weighted by Crippen LogP contribution is -2.35. The van der Waals surface area contributed by atoms with Crippen molar-refractivity contribution in [3.05, 3.63) is 65.7 Å². The van der Waals surface area contributed by atoms with Crippen molar-refractivity contribution in [1.29, 1.82) is 0 Å². The summed E-state index contributed by atoms with van der Waals surface area (Å²) in [4.78, 5) is 0. The molecule has 2 heteroatoms. The molecule has 1 aliphatic carbocycles. The molecule has 2 aromatic carbocycles. The monoisotopic (exact) mass is 323 g/mol. The lowest BCUT2D eigenvalue weighted by Gasteiger charge is -2.30. The standard InChI is InChI=1S/C22H29NO/c1-2-16-24-21-12-10-19(11-13-21)17-23-18-22(14-6-7-15-22)20-8-4-3-5-9-20/h3-5,8-13,23H,2,6-7,14-18H2,1H3. The van der Waals surface area contributed by atoms with Crippen molar-refractivity contribution in [3.63, 3.8) is 0 Å². The van der Waals surface area contributed by atoms with Crippen molar-refractivity contribution in [2.75, 3.05) is 13.2 Å². The first-order valence-electron chi connectivity index (χ1n) is 9.30. The van der Waals surface area contributed by atoms with Crippen LogP contribution in [-0.2, 0) is 12.0 Å². The zero-order valence-corrected chi connectivity index (χ0v) is 14.8. The molecule has 1 aliphatic rings. The molecule has 0 aromatic heterocycles. The largest absolute Gasteiger partial charge is 0.494 e. The van der Waals surface area contributed by atoms with Crippen LogP contribution in [0.25, 0.3) is 0 Å². The molecule has 0 atom stereocenters. The molecule has 1 fully saturated rings. The minimum absolute atomic E-state index is 0.325. The fourth-order valence-corrected chi connectivity index (χ4v) is 3.78. The molecule has 0 heterocycles. The van der Waals surface area contributed by atoms with E-state index in [9.17, 15) is 0 Å². The highest BCUT2D eigenvalue weighted by atomic mass is 16.5. The van der Waals surface area contributed by atoms with Gasteiger partial charge in [0, 0.05) is 18.5 Å². The van der Waals surface area contributed by atoms with Crippen LogP contribution in [0.5, 0.6) is 5.75 Å². The van der Waals surface area contributed by atoms with Gasteiger partial charge in [-0.05, 0) is 42.5 Å². The van der Waals surface area contributed by atoms with Crippen molar-refractivity contribution in [2.45, 2.75) is 51.0 Å². The van der Waals surface area contributed by atoms with Gasteiger partial charge in [0.1, 0.15) is 5.75 Å². The number of rotatable bonds is 8. The molecule has 0 radical (unpaired) electrons. The molecule has 2 nitrogen and oxygen atoms in total. The van der Waals surface area contributed by atoms with Crippen LogP contribution in [0.15, 0.2) is 54.6 Å². The van der Waals surface area contributed by atoms with Gasteiger partial charge in [-0.1, -0.05) is 62.2 Å². The molecular weight excluding hydrogens is 294 g/mol. The Morgan fingerprint density at radius 1 is 0.958 bits per heavy atom. The Morgan fingerprint density at radius 3 is 2.33 bits per heavy atom. The maximum atomic E-state index is 5.65. The van der Waals surface area contributed by atoms with Crippen LogP contribution in [0.1, 0.15) is 50.2 Å². The molecule has 2 aromatic rings. The van der Waals surface area contributed by atoms with Crippen molar-refractivity contribution >= 4 is 0 Å². The number of benzene rings is 2. The van der Waals surface area contributed by atoms with Crippen LogP contribution in [0.4, 0.5) is 0 Å². The summed E-state index contributed by atoms with van der Waals surface area (Å²) in [5, 5.41) is 3.70. The molecule has 0 aliphatic heterocycles. The van der Waals surface area contributed by atoms with Crippen LogP contribution in [0.2, 0.25) is 0 Å². The molecule has 3 rings (SSSR count). The van der Waals surface area contributed by atoms with Crippen LogP contribution >= 0.6 is 0 Å². The Balaban J connectivity index is 1.56. The highest BCUT2D eigenvalue weighted by molar-refractivity contribution is 5.29. The minimum Gasteiger partial charge on any atom is -0.494 e. The van der Waals surface area contributed by atoms with Crippen LogP contribution in [0.3, 0.4) is 0 Å². The first-order chi connectivity index (χ1) is 11.8. The van der Waals surface area contributed by atoms with Gasteiger partial charge in [0.15, 0.2) is 0 Å². The molecule has 0 amide bonds. The van der Waals surface area contributed by atoms with Gasteiger partial charge in [0.05, 0.1) is 6.61 Å². The third-order valence-corrected chi connectivity index (χ3v) is 5.14. The lowest BCUT2D eigenvalue weighted by molar-refractivity contribution is 0.317. The molecule has 128 valence electrons.